The van der Waals surface area contributed by atoms with E-state index in [2.05, 4.69) is 21.3 Å². The Morgan fingerprint density at radius 1 is 0.376 bits per heavy atom. The monoisotopic (exact) mass is 1240 g/mol. The first-order valence-corrected chi connectivity index (χ1v) is 29.6. The van der Waals surface area contributed by atoms with Crippen molar-refractivity contribution >= 4 is 17.9 Å². The minimum absolute atomic E-state index is 0.0278. The van der Waals surface area contributed by atoms with Gasteiger partial charge in [-0.15, -0.1) is 0 Å². The maximum absolute atomic E-state index is 12.2. The normalized spacial score (nSPS) is 11.8. The highest BCUT2D eigenvalue weighted by Gasteiger charge is 2.15. The Hall–Kier alpha value is -3.29. The molecule has 0 bridgehead atoms. The van der Waals surface area contributed by atoms with Crippen LogP contribution in [0.2, 0.25) is 0 Å². The van der Waals surface area contributed by atoms with Crippen LogP contribution < -0.4 is 32.8 Å². The largest absolute Gasteiger partial charge is 0.444 e. The molecule has 0 heterocycles. The molecular formula is C55H111N7O23. The number of hydrogen-bond donors (Lipinski definition) is 6. The van der Waals surface area contributed by atoms with E-state index in [1.165, 1.54) is 11.2 Å². The number of hydrogen-bond acceptors (Lipinski definition) is 27. The SMILES string of the molecule is COCCOCCOCCOCCOCCOCCOCCOCCOCCOCCOCCOCCNC(=O)CNCC(=O)NCCN(N)/C=C(\N)COCCOCCOCCOCCOCCOCCOCCCCNC(=O)OC(C)(C)C. The summed E-state index contributed by atoms with van der Waals surface area (Å²) in [4.78, 5) is 35.8. The molecule has 30 heteroatoms. The fourth-order valence-electron chi connectivity index (χ4n) is 6.10. The molecule has 30 nitrogen and oxygen atoms in total. The Balaban J connectivity index is 3.38. The molecule has 0 saturated heterocycles. The number of hydrazine groups is 1. The summed E-state index contributed by atoms with van der Waals surface area (Å²) in [6, 6.07) is 0. The Morgan fingerprint density at radius 2 is 0.671 bits per heavy atom. The molecule has 0 rings (SSSR count). The van der Waals surface area contributed by atoms with Gasteiger partial charge in [0.25, 0.3) is 0 Å². The third-order valence-corrected chi connectivity index (χ3v) is 10.2. The number of methoxy groups -OCH3 is 1. The van der Waals surface area contributed by atoms with Crippen molar-refractivity contribution in [2.45, 2.75) is 39.2 Å². The zero-order chi connectivity index (χ0) is 61.9. The van der Waals surface area contributed by atoms with Crippen LogP contribution in [0.1, 0.15) is 33.6 Å². The molecule has 0 aliphatic carbocycles. The van der Waals surface area contributed by atoms with Crippen molar-refractivity contribution in [3.05, 3.63) is 11.9 Å². The Morgan fingerprint density at radius 3 is 1.00 bits per heavy atom. The van der Waals surface area contributed by atoms with Crippen LogP contribution in [0.5, 0.6) is 0 Å². The third kappa shape index (κ3) is 71.4. The molecule has 0 fully saturated rings. The van der Waals surface area contributed by atoms with Crippen molar-refractivity contribution in [1.29, 1.82) is 0 Å². The van der Waals surface area contributed by atoms with Crippen molar-refractivity contribution in [1.82, 2.24) is 26.3 Å². The van der Waals surface area contributed by atoms with Gasteiger partial charge in [-0.25, -0.2) is 10.6 Å². The van der Waals surface area contributed by atoms with Crippen molar-refractivity contribution in [2.24, 2.45) is 11.6 Å². The van der Waals surface area contributed by atoms with E-state index in [1.54, 1.807) is 7.11 Å². The van der Waals surface area contributed by atoms with Crippen molar-refractivity contribution in [3.8, 4) is 0 Å². The van der Waals surface area contributed by atoms with Gasteiger partial charge < -0.3 is 121 Å². The first-order valence-electron chi connectivity index (χ1n) is 29.6. The summed E-state index contributed by atoms with van der Waals surface area (Å²) >= 11 is 0. The summed E-state index contributed by atoms with van der Waals surface area (Å²) in [5.41, 5.74) is 5.90. The van der Waals surface area contributed by atoms with Gasteiger partial charge in [-0.1, -0.05) is 0 Å². The number of rotatable bonds is 69. The van der Waals surface area contributed by atoms with Crippen molar-refractivity contribution in [3.63, 3.8) is 0 Å². The molecule has 0 radical (unpaired) electrons. The highest BCUT2D eigenvalue weighted by molar-refractivity contribution is 5.81. The molecule has 0 aliphatic heterocycles. The molecule has 0 unspecified atom stereocenters. The first kappa shape index (κ1) is 81.7. The van der Waals surface area contributed by atoms with E-state index in [9.17, 15) is 14.4 Å². The van der Waals surface area contributed by atoms with Gasteiger partial charge in [0, 0.05) is 39.6 Å². The predicted octanol–water partition coefficient (Wildman–Crippen LogP) is -0.966. The molecule has 85 heavy (non-hydrogen) atoms. The lowest BCUT2D eigenvalue weighted by Gasteiger charge is -2.19. The van der Waals surface area contributed by atoms with E-state index < -0.39 is 11.7 Å². The van der Waals surface area contributed by atoms with Gasteiger partial charge in [0.05, 0.1) is 263 Å². The van der Waals surface area contributed by atoms with Crippen LogP contribution in [-0.4, -0.2) is 319 Å². The Labute approximate surface area is 505 Å². The van der Waals surface area contributed by atoms with E-state index in [4.69, 9.17) is 106 Å². The lowest BCUT2D eigenvalue weighted by molar-refractivity contribution is -0.121. The van der Waals surface area contributed by atoms with Gasteiger partial charge in [-0.2, -0.15) is 0 Å². The number of amides is 3. The van der Waals surface area contributed by atoms with Gasteiger partial charge >= 0.3 is 6.09 Å². The minimum atomic E-state index is -0.500. The molecule has 8 N–H and O–H groups in total. The second kappa shape index (κ2) is 66.7. The number of carbonyl (C=O) groups is 3. The molecular weight excluding hydrogens is 1130 g/mol. The summed E-state index contributed by atoms with van der Waals surface area (Å²) in [5, 5.41) is 12.3. The second-order valence-electron chi connectivity index (χ2n) is 18.8. The molecule has 0 aliphatic rings. The molecule has 0 aromatic heterocycles. The zero-order valence-corrected chi connectivity index (χ0v) is 51.9. The fraction of sp³-hybridized carbons (Fsp3) is 0.909. The minimum Gasteiger partial charge on any atom is -0.444 e. The lowest BCUT2D eigenvalue weighted by Crippen LogP contribution is -2.42. The molecule has 0 spiro atoms. The molecule has 0 aromatic rings. The average Bonchev–Trinajstić information content (AvgIpc) is 3.47. The standard InChI is InChI=1S/C55H111N7O23/c1-55(2,3)85-54(65)61-7-5-6-11-67-15-17-70-21-23-73-27-29-81-41-42-82-43-44-83-45-46-84-50-51(56)49-62(57)10-8-59-52(63)47-58-48-53(64)60-9-12-68-16-18-71-22-24-74-28-30-76-33-34-78-37-38-80-40-39-79-36-35-77-32-31-75-26-25-72-20-19-69-14-13-66-4/h49,58H,5-48,50,56-57H2,1-4H3,(H,59,63)(H,60,64)(H,61,65)/b51-49-. The van der Waals surface area contributed by atoms with E-state index in [0.29, 0.717) is 263 Å². The fourth-order valence-corrected chi connectivity index (χ4v) is 6.10. The maximum Gasteiger partial charge on any atom is 0.407 e. The quantitative estimate of drug-likeness (QED) is 0.0243. The van der Waals surface area contributed by atoms with E-state index in [0.717, 1.165) is 12.8 Å². The summed E-state index contributed by atoms with van der Waals surface area (Å²) < 4.78 is 109. The van der Waals surface area contributed by atoms with E-state index >= 15 is 0 Å². The van der Waals surface area contributed by atoms with Crippen LogP contribution >= 0.6 is 0 Å². The highest BCUT2D eigenvalue weighted by Crippen LogP contribution is 2.06. The number of unbranched alkanes of at least 4 members (excludes halogenated alkanes) is 1. The third-order valence-electron chi connectivity index (χ3n) is 10.2. The summed E-state index contributed by atoms with van der Waals surface area (Å²) in [6.45, 7) is 23.8. The molecule has 504 valence electrons. The molecule has 0 saturated carbocycles. The number of ether oxygens (including phenoxy) is 20. The van der Waals surface area contributed by atoms with Crippen LogP contribution in [0.4, 0.5) is 4.79 Å². The average molecular weight is 1240 g/mol. The molecule has 3 amide bonds. The topological polar surface area (TPSA) is 339 Å². The van der Waals surface area contributed by atoms with Crippen LogP contribution in [0.3, 0.4) is 0 Å². The number of alkyl carbamates (subject to hydrolysis) is 1. The Bertz CT molecular complexity index is 1470. The number of nitrogens with one attached hydrogen (secondary N) is 4. The number of carbonyl (C=O) groups excluding carboxylic acids is 3. The van der Waals surface area contributed by atoms with Crippen LogP contribution in [0.25, 0.3) is 0 Å². The van der Waals surface area contributed by atoms with Crippen LogP contribution in [0, 0.1) is 0 Å². The first-order chi connectivity index (χ1) is 41.5. The summed E-state index contributed by atoms with van der Waals surface area (Å²) in [5.74, 6) is 5.41. The van der Waals surface area contributed by atoms with Gasteiger partial charge in [-0.05, 0) is 33.6 Å². The number of nitrogens with two attached hydrogens (primary N) is 2. The van der Waals surface area contributed by atoms with Gasteiger partial charge in [0.2, 0.25) is 11.8 Å². The molecule has 0 atom stereocenters. The zero-order valence-electron chi connectivity index (χ0n) is 51.9. The smallest absolute Gasteiger partial charge is 0.407 e. The van der Waals surface area contributed by atoms with Crippen LogP contribution in [0.15, 0.2) is 11.9 Å². The highest BCUT2D eigenvalue weighted by atomic mass is 16.6. The van der Waals surface area contributed by atoms with Crippen molar-refractivity contribution < 1.29 is 109 Å². The van der Waals surface area contributed by atoms with Gasteiger partial charge in [-0.3, -0.25) is 14.9 Å². The summed E-state index contributed by atoms with van der Waals surface area (Å²) in [7, 11) is 1.64. The van der Waals surface area contributed by atoms with Gasteiger partial charge in [0.15, 0.2) is 0 Å². The summed E-state index contributed by atoms with van der Waals surface area (Å²) in [6.07, 6.45) is 2.77. The number of nitrogens with zero attached hydrogens (tertiary/aromatic N) is 1. The van der Waals surface area contributed by atoms with Crippen LogP contribution in [-0.2, 0) is 104 Å². The lowest BCUT2D eigenvalue weighted by atomic mass is 10.2. The predicted molar refractivity (Wildman–Crippen MR) is 312 cm³/mol. The molecule has 0 aromatic carbocycles. The van der Waals surface area contributed by atoms with E-state index in [-0.39, 0.29) is 38.1 Å². The second-order valence-corrected chi connectivity index (χ2v) is 18.8. The van der Waals surface area contributed by atoms with Gasteiger partial charge in [0.1, 0.15) is 5.60 Å². The Kier molecular flexibility index (Phi) is 64.1. The maximum atomic E-state index is 12.2. The van der Waals surface area contributed by atoms with Crippen molar-refractivity contribution in [2.75, 3.05) is 291 Å². The van der Waals surface area contributed by atoms with E-state index in [1.807, 2.05) is 20.8 Å².